The molecule has 10 heteroatoms. The molecule has 2 aromatic carbocycles. The van der Waals surface area contributed by atoms with E-state index in [1.54, 1.807) is 23.6 Å². The van der Waals surface area contributed by atoms with Crippen molar-refractivity contribution in [1.29, 1.82) is 0 Å². The molecule has 0 spiro atoms. The van der Waals surface area contributed by atoms with Crippen LogP contribution in [0.4, 0.5) is 19.6 Å². The number of ether oxygens (including phenoxy) is 1. The van der Waals surface area contributed by atoms with Crippen LogP contribution in [0.25, 0.3) is 11.3 Å². The zero-order chi connectivity index (χ0) is 21.1. The van der Waals surface area contributed by atoms with E-state index in [2.05, 4.69) is 20.4 Å². The Morgan fingerprint density at radius 3 is 2.80 bits per heavy atom. The molecule has 4 rings (SSSR count). The Labute approximate surface area is 178 Å². The number of nitrogens with one attached hydrogen (secondary N) is 2. The summed E-state index contributed by atoms with van der Waals surface area (Å²) in [6.45, 7) is -2.95. The van der Waals surface area contributed by atoms with Crippen molar-refractivity contribution < 1.29 is 23.1 Å². The monoisotopic (exact) mass is 447 g/mol. The number of amides is 2. The van der Waals surface area contributed by atoms with Gasteiger partial charge in [0.25, 0.3) is 0 Å². The molecule has 0 radical (unpaired) electrons. The molecule has 1 aliphatic heterocycles. The Morgan fingerprint density at radius 1 is 1.20 bits per heavy atom. The second kappa shape index (κ2) is 8.80. The van der Waals surface area contributed by atoms with Gasteiger partial charge in [0.15, 0.2) is 5.13 Å². The number of halogens is 2. The lowest BCUT2D eigenvalue weighted by atomic mass is 10.1. The van der Waals surface area contributed by atoms with Crippen molar-refractivity contribution in [2.24, 2.45) is 0 Å². The lowest BCUT2D eigenvalue weighted by Gasteiger charge is -2.23. The molecule has 0 saturated heterocycles. The Bertz CT molecular complexity index is 1090. The van der Waals surface area contributed by atoms with Crippen molar-refractivity contribution in [2.45, 2.75) is 23.2 Å². The summed E-state index contributed by atoms with van der Waals surface area (Å²) in [7, 11) is 0. The minimum Gasteiger partial charge on any atom is -0.434 e. The molecule has 2 heterocycles. The molecule has 0 saturated carbocycles. The average Bonchev–Trinajstić information content (AvgIpc) is 3.16. The van der Waals surface area contributed by atoms with Crippen LogP contribution >= 0.6 is 23.1 Å². The number of hydrogen-bond donors (Lipinski definition) is 2. The van der Waals surface area contributed by atoms with Crippen LogP contribution in [0.15, 0.2) is 58.8 Å². The van der Waals surface area contributed by atoms with Crippen molar-refractivity contribution in [2.75, 3.05) is 10.6 Å². The van der Waals surface area contributed by atoms with Crippen molar-refractivity contribution in [3.8, 4) is 17.0 Å². The number of fused-ring (bicyclic) bond motifs is 1. The molecule has 3 aromatic rings. The Hall–Kier alpha value is -2.98. The molecule has 154 valence electrons. The number of thiazole rings is 1. The van der Waals surface area contributed by atoms with Gasteiger partial charge in [-0.25, -0.2) is 4.98 Å². The van der Waals surface area contributed by atoms with Gasteiger partial charge in [-0.2, -0.15) is 8.78 Å². The van der Waals surface area contributed by atoms with Crippen molar-refractivity contribution in [1.82, 2.24) is 4.98 Å². The van der Waals surface area contributed by atoms with E-state index in [1.807, 2.05) is 24.3 Å². The molecule has 1 aromatic heterocycles. The Balaban J connectivity index is 1.42. The van der Waals surface area contributed by atoms with E-state index >= 15 is 0 Å². The number of anilines is 2. The molecular formula is C20H15F2N3O3S2. The first-order chi connectivity index (χ1) is 14.5. The number of carbonyl (C=O) groups is 2. The molecule has 1 unspecified atom stereocenters. The number of nitrogens with zero attached hydrogens (tertiary/aromatic N) is 1. The molecule has 6 nitrogen and oxygen atoms in total. The zero-order valence-corrected chi connectivity index (χ0v) is 16.9. The first-order valence-corrected chi connectivity index (χ1v) is 10.6. The third kappa shape index (κ3) is 4.60. The van der Waals surface area contributed by atoms with Crippen molar-refractivity contribution in [3.63, 3.8) is 0 Å². The standard InChI is InChI=1S/C20H15F2N3O3S2/c21-19(22)28-14-7-3-1-5-11(14)13-10-29-20(24-13)25-17(26)9-16-18(27)23-12-6-2-4-8-15(12)30-16/h1-8,10,16,19H,9H2,(H,23,27)(H,24,25,26). The summed E-state index contributed by atoms with van der Waals surface area (Å²) in [5.74, 6) is -0.587. The van der Waals surface area contributed by atoms with Crippen molar-refractivity contribution in [3.05, 3.63) is 53.9 Å². The number of thioether (sulfide) groups is 1. The third-order valence-electron chi connectivity index (χ3n) is 4.21. The maximum atomic E-state index is 12.6. The summed E-state index contributed by atoms with van der Waals surface area (Å²) in [5.41, 5.74) is 1.54. The van der Waals surface area contributed by atoms with Gasteiger partial charge in [0.1, 0.15) is 5.75 Å². The second-order valence-corrected chi connectivity index (χ2v) is 8.36. The lowest BCUT2D eigenvalue weighted by Crippen LogP contribution is -2.32. The van der Waals surface area contributed by atoms with E-state index in [0.717, 1.165) is 21.9 Å². The van der Waals surface area contributed by atoms with E-state index < -0.39 is 11.9 Å². The number of para-hydroxylation sites is 2. The molecule has 0 fully saturated rings. The van der Waals surface area contributed by atoms with Crippen LogP contribution < -0.4 is 15.4 Å². The lowest BCUT2D eigenvalue weighted by molar-refractivity contribution is -0.120. The largest absolute Gasteiger partial charge is 0.434 e. The maximum absolute atomic E-state index is 12.6. The number of carbonyl (C=O) groups excluding carboxylic acids is 2. The molecule has 1 atom stereocenters. The molecule has 0 bridgehead atoms. The smallest absolute Gasteiger partial charge is 0.387 e. The molecule has 30 heavy (non-hydrogen) atoms. The fourth-order valence-electron chi connectivity index (χ4n) is 2.90. The quantitative estimate of drug-likeness (QED) is 0.565. The topological polar surface area (TPSA) is 80.3 Å². The minimum absolute atomic E-state index is 0.00428. The fraction of sp³-hybridized carbons (Fsp3) is 0.150. The first-order valence-electron chi connectivity index (χ1n) is 8.86. The molecular weight excluding hydrogens is 432 g/mol. The van der Waals surface area contributed by atoms with Gasteiger partial charge in [-0.15, -0.1) is 23.1 Å². The molecule has 0 aliphatic carbocycles. The van der Waals surface area contributed by atoms with Gasteiger partial charge in [0, 0.05) is 22.3 Å². The summed E-state index contributed by atoms with van der Waals surface area (Å²) in [6, 6.07) is 13.7. The molecule has 2 amide bonds. The minimum atomic E-state index is -2.95. The third-order valence-corrected chi connectivity index (χ3v) is 6.24. The highest BCUT2D eigenvalue weighted by Gasteiger charge is 2.29. The van der Waals surface area contributed by atoms with Crippen LogP contribution in [0.5, 0.6) is 5.75 Å². The van der Waals surface area contributed by atoms with Gasteiger partial charge in [0.2, 0.25) is 11.8 Å². The van der Waals surface area contributed by atoms with Crippen LogP contribution in [0.1, 0.15) is 6.42 Å². The highest BCUT2D eigenvalue weighted by Crippen LogP contribution is 2.37. The molecule has 2 N–H and O–H groups in total. The number of aromatic nitrogens is 1. The highest BCUT2D eigenvalue weighted by molar-refractivity contribution is 8.01. The average molecular weight is 447 g/mol. The van der Waals surface area contributed by atoms with Crippen LogP contribution in [0.3, 0.4) is 0 Å². The van der Waals surface area contributed by atoms with Gasteiger partial charge < -0.3 is 15.4 Å². The Morgan fingerprint density at radius 2 is 1.97 bits per heavy atom. The molecule has 1 aliphatic rings. The van der Waals surface area contributed by atoms with Crippen LogP contribution in [0, 0.1) is 0 Å². The van der Waals surface area contributed by atoms with Gasteiger partial charge in [-0.05, 0) is 24.3 Å². The first kappa shape index (κ1) is 20.3. The van der Waals surface area contributed by atoms with Crippen LogP contribution in [0.2, 0.25) is 0 Å². The predicted octanol–water partition coefficient (Wildman–Crippen LogP) is 4.85. The number of hydrogen-bond acceptors (Lipinski definition) is 6. The normalized spacial score (nSPS) is 15.4. The van der Waals surface area contributed by atoms with Gasteiger partial charge in [-0.1, -0.05) is 24.3 Å². The van der Waals surface area contributed by atoms with Gasteiger partial charge >= 0.3 is 6.61 Å². The highest BCUT2D eigenvalue weighted by atomic mass is 32.2. The zero-order valence-electron chi connectivity index (χ0n) is 15.3. The number of rotatable bonds is 6. The SMILES string of the molecule is O=C(CC1Sc2ccccc2NC1=O)Nc1nc(-c2ccccc2OC(F)F)cs1. The van der Waals surface area contributed by atoms with E-state index in [1.165, 1.54) is 17.8 Å². The van der Waals surface area contributed by atoms with E-state index in [9.17, 15) is 18.4 Å². The van der Waals surface area contributed by atoms with Crippen LogP contribution in [-0.4, -0.2) is 28.7 Å². The Kier molecular flexibility index (Phi) is 5.96. The predicted molar refractivity (Wildman–Crippen MR) is 112 cm³/mol. The number of benzene rings is 2. The van der Waals surface area contributed by atoms with Crippen LogP contribution in [-0.2, 0) is 9.59 Å². The summed E-state index contributed by atoms with van der Waals surface area (Å²) in [4.78, 5) is 29.9. The number of alkyl halides is 2. The van der Waals surface area contributed by atoms with E-state index in [4.69, 9.17) is 0 Å². The fourth-order valence-corrected chi connectivity index (χ4v) is 4.73. The summed E-state index contributed by atoms with van der Waals surface area (Å²) >= 11 is 2.49. The van der Waals surface area contributed by atoms with Gasteiger partial charge in [0.05, 0.1) is 16.6 Å². The van der Waals surface area contributed by atoms with Crippen molar-refractivity contribution >= 4 is 45.7 Å². The second-order valence-electron chi connectivity index (χ2n) is 6.26. The summed E-state index contributed by atoms with van der Waals surface area (Å²) < 4.78 is 29.7. The van der Waals surface area contributed by atoms with Gasteiger partial charge in [-0.3, -0.25) is 9.59 Å². The summed E-state index contributed by atoms with van der Waals surface area (Å²) in [6.07, 6.45) is -0.0230. The van der Waals surface area contributed by atoms with E-state index in [-0.39, 0.29) is 24.0 Å². The summed E-state index contributed by atoms with van der Waals surface area (Å²) in [5, 5.41) is 6.86. The maximum Gasteiger partial charge on any atom is 0.387 e. The van der Waals surface area contributed by atoms with E-state index in [0.29, 0.717) is 16.4 Å².